The molecule has 1 atom stereocenters. The number of rotatable bonds is 6. The number of amides is 1. The van der Waals surface area contributed by atoms with Gasteiger partial charge in [0.25, 0.3) is 0 Å². The molecular weight excluding hydrogens is 454 g/mol. The fraction of sp³-hybridized carbons (Fsp3) is 0.367. The zero-order chi connectivity index (χ0) is 24.0. The molecular formula is C30H34ClN3O. The lowest BCUT2D eigenvalue weighted by Crippen LogP contribution is -2.53. The molecule has 0 aromatic heterocycles. The maximum Gasteiger partial charge on any atom is 0.227 e. The maximum atomic E-state index is 13.5. The second-order valence-electron chi connectivity index (χ2n) is 9.75. The Morgan fingerprint density at radius 1 is 0.800 bits per heavy atom. The van der Waals surface area contributed by atoms with Crippen LogP contribution in [-0.2, 0) is 11.3 Å². The standard InChI is InChI=1S/C30H34ClN3O/c31-28-16-8-7-14-26(28)22-32-17-9-15-27(23-32)30(35)34-20-18-33(19-21-34)29(24-10-3-1-4-11-24)25-12-5-2-6-13-25/h1-8,10-14,16,27,29H,9,15,17-23H2. The fourth-order valence-corrected chi connectivity index (χ4v) is 5.81. The summed E-state index contributed by atoms with van der Waals surface area (Å²) in [7, 11) is 0. The molecule has 0 saturated carbocycles. The van der Waals surface area contributed by atoms with Gasteiger partial charge in [0.1, 0.15) is 0 Å². The van der Waals surface area contributed by atoms with Gasteiger partial charge in [0.2, 0.25) is 5.91 Å². The minimum Gasteiger partial charge on any atom is -0.340 e. The van der Waals surface area contributed by atoms with Crippen LogP contribution >= 0.6 is 11.6 Å². The van der Waals surface area contributed by atoms with E-state index in [0.717, 1.165) is 69.2 Å². The molecule has 0 N–H and O–H groups in total. The predicted octanol–water partition coefficient (Wildman–Crippen LogP) is 5.49. The van der Waals surface area contributed by atoms with E-state index in [0.29, 0.717) is 5.91 Å². The zero-order valence-corrected chi connectivity index (χ0v) is 21.0. The molecule has 2 aliphatic heterocycles. The van der Waals surface area contributed by atoms with Gasteiger partial charge in [-0.1, -0.05) is 90.5 Å². The van der Waals surface area contributed by atoms with Gasteiger partial charge in [0.05, 0.1) is 12.0 Å². The Labute approximate surface area is 214 Å². The highest BCUT2D eigenvalue weighted by atomic mass is 35.5. The van der Waals surface area contributed by atoms with Crippen molar-refractivity contribution in [3.05, 3.63) is 107 Å². The van der Waals surface area contributed by atoms with Crippen LogP contribution in [0.4, 0.5) is 0 Å². The van der Waals surface area contributed by atoms with Crippen molar-refractivity contribution < 1.29 is 4.79 Å². The smallest absolute Gasteiger partial charge is 0.227 e. The van der Waals surface area contributed by atoms with E-state index in [4.69, 9.17) is 11.6 Å². The van der Waals surface area contributed by atoms with Crippen molar-refractivity contribution in [2.75, 3.05) is 39.3 Å². The summed E-state index contributed by atoms with van der Waals surface area (Å²) in [5.74, 6) is 0.404. The molecule has 2 aliphatic rings. The van der Waals surface area contributed by atoms with E-state index in [1.54, 1.807) is 0 Å². The van der Waals surface area contributed by atoms with Crippen LogP contribution in [0, 0.1) is 5.92 Å². The average Bonchev–Trinajstić information content (AvgIpc) is 2.92. The Morgan fingerprint density at radius 3 is 2.03 bits per heavy atom. The molecule has 1 amide bonds. The molecule has 5 heteroatoms. The van der Waals surface area contributed by atoms with Crippen LogP contribution in [0.3, 0.4) is 0 Å². The van der Waals surface area contributed by atoms with Crippen molar-refractivity contribution in [3.63, 3.8) is 0 Å². The van der Waals surface area contributed by atoms with Crippen molar-refractivity contribution in [2.45, 2.75) is 25.4 Å². The average molecular weight is 488 g/mol. The molecule has 35 heavy (non-hydrogen) atoms. The van der Waals surface area contributed by atoms with Gasteiger partial charge in [-0.25, -0.2) is 0 Å². The molecule has 3 aromatic rings. The number of halogens is 1. The van der Waals surface area contributed by atoms with Crippen LogP contribution in [-0.4, -0.2) is 59.9 Å². The largest absolute Gasteiger partial charge is 0.340 e. The normalized spacial score (nSPS) is 19.7. The number of nitrogens with zero attached hydrogens (tertiary/aromatic N) is 3. The van der Waals surface area contributed by atoms with Gasteiger partial charge in [-0.3, -0.25) is 14.6 Å². The molecule has 2 heterocycles. The first-order chi connectivity index (χ1) is 17.2. The molecule has 1 unspecified atom stereocenters. The second-order valence-corrected chi connectivity index (χ2v) is 10.2. The molecule has 2 saturated heterocycles. The summed E-state index contributed by atoms with van der Waals surface area (Å²) in [4.78, 5) is 20.5. The molecule has 4 nitrogen and oxygen atoms in total. The van der Waals surface area contributed by atoms with Crippen molar-refractivity contribution in [2.24, 2.45) is 5.92 Å². The quantitative estimate of drug-likeness (QED) is 0.460. The third-order valence-corrected chi connectivity index (χ3v) is 7.80. The van der Waals surface area contributed by atoms with Crippen molar-refractivity contribution >= 4 is 17.5 Å². The summed E-state index contributed by atoms with van der Waals surface area (Å²) in [6.07, 6.45) is 2.04. The van der Waals surface area contributed by atoms with Gasteiger partial charge >= 0.3 is 0 Å². The minimum atomic E-state index is 0.0804. The molecule has 5 rings (SSSR count). The first-order valence-electron chi connectivity index (χ1n) is 12.8. The third kappa shape index (κ3) is 5.78. The van der Waals surface area contributed by atoms with Gasteiger partial charge in [0.15, 0.2) is 0 Å². The molecule has 0 bridgehead atoms. The lowest BCUT2D eigenvalue weighted by atomic mass is 9.94. The van der Waals surface area contributed by atoms with Crippen LogP contribution in [0.2, 0.25) is 5.02 Å². The van der Waals surface area contributed by atoms with Gasteiger partial charge in [0, 0.05) is 44.3 Å². The summed E-state index contributed by atoms with van der Waals surface area (Å²) in [6, 6.07) is 29.7. The lowest BCUT2D eigenvalue weighted by Gasteiger charge is -2.42. The Morgan fingerprint density at radius 2 is 1.40 bits per heavy atom. The highest BCUT2D eigenvalue weighted by Crippen LogP contribution is 2.30. The Bertz CT molecular complexity index is 1060. The number of hydrogen-bond acceptors (Lipinski definition) is 3. The van der Waals surface area contributed by atoms with Gasteiger partial charge in [-0.05, 0) is 42.1 Å². The van der Waals surface area contributed by atoms with E-state index in [1.807, 2.05) is 18.2 Å². The molecule has 0 spiro atoms. The predicted molar refractivity (Wildman–Crippen MR) is 142 cm³/mol. The highest BCUT2D eigenvalue weighted by Gasteiger charge is 2.33. The van der Waals surface area contributed by atoms with E-state index in [-0.39, 0.29) is 12.0 Å². The van der Waals surface area contributed by atoms with Crippen LogP contribution in [0.25, 0.3) is 0 Å². The van der Waals surface area contributed by atoms with Crippen molar-refractivity contribution in [3.8, 4) is 0 Å². The molecule has 3 aromatic carbocycles. The SMILES string of the molecule is O=C(C1CCCN(Cc2ccccc2Cl)C1)N1CCN(C(c2ccccc2)c2ccccc2)CC1. The third-order valence-electron chi connectivity index (χ3n) is 7.43. The van der Waals surface area contributed by atoms with Gasteiger partial charge < -0.3 is 4.90 Å². The summed E-state index contributed by atoms with van der Waals surface area (Å²) >= 11 is 6.39. The molecule has 182 valence electrons. The topological polar surface area (TPSA) is 26.8 Å². The highest BCUT2D eigenvalue weighted by molar-refractivity contribution is 6.31. The minimum absolute atomic E-state index is 0.0804. The van der Waals surface area contributed by atoms with E-state index in [1.165, 1.54) is 11.1 Å². The van der Waals surface area contributed by atoms with Crippen LogP contribution in [0.5, 0.6) is 0 Å². The summed E-state index contributed by atoms with van der Waals surface area (Å²) in [5.41, 5.74) is 3.76. The van der Waals surface area contributed by atoms with Crippen LogP contribution in [0.1, 0.15) is 35.6 Å². The molecule has 0 radical (unpaired) electrons. The summed E-state index contributed by atoms with van der Waals surface area (Å²) < 4.78 is 0. The van der Waals surface area contributed by atoms with Crippen LogP contribution in [0.15, 0.2) is 84.9 Å². The van der Waals surface area contributed by atoms with Gasteiger partial charge in [-0.15, -0.1) is 0 Å². The van der Waals surface area contributed by atoms with Crippen molar-refractivity contribution in [1.29, 1.82) is 0 Å². The number of benzene rings is 3. The zero-order valence-electron chi connectivity index (χ0n) is 20.2. The van der Waals surface area contributed by atoms with E-state index in [2.05, 4.69) is 81.4 Å². The Balaban J connectivity index is 1.21. The number of likely N-dealkylation sites (tertiary alicyclic amines) is 1. The lowest BCUT2D eigenvalue weighted by molar-refractivity contribution is -0.139. The number of carbonyl (C=O) groups excluding carboxylic acids is 1. The monoisotopic (exact) mass is 487 g/mol. The first kappa shape index (κ1) is 24.1. The Kier molecular flexibility index (Phi) is 7.82. The summed E-state index contributed by atoms with van der Waals surface area (Å²) in [6.45, 7) is 6.01. The number of hydrogen-bond donors (Lipinski definition) is 0. The van der Waals surface area contributed by atoms with Gasteiger partial charge in [-0.2, -0.15) is 0 Å². The second kappa shape index (κ2) is 11.4. The Hall–Kier alpha value is -2.66. The molecule has 0 aliphatic carbocycles. The fourth-order valence-electron chi connectivity index (χ4n) is 5.61. The van der Waals surface area contributed by atoms with Crippen LogP contribution < -0.4 is 0 Å². The van der Waals surface area contributed by atoms with E-state index in [9.17, 15) is 4.79 Å². The number of piperidine rings is 1. The van der Waals surface area contributed by atoms with Crippen molar-refractivity contribution in [1.82, 2.24) is 14.7 Å². The number of piperazine rings is 1. The van der Waals surface area contributed by atoms with E-state index < -0.39 is 0 Å². The summed E-state index contributed by atoms with van der Waals surface area (Å²) in [5, 5.41) is 0.809. The first-order valence-corrected chi connectivity index (χ1v) is 13.2. The van der Waals surface area contributed by atoms with E-state index >= 15 is 0 Å². The number of carbonyl (C=O) groups is 1. The molecule has 2 fully saturated rings. The maximum absolute atomic E-state index is 13.5.